The Morgan fingerprint density at radius 1 is 0.786 bits per heavy atom. The first-order valence-corrected chi connectivity index (χ1v) is 7.57. The van der Waals surface area contributed by atoms with Crippen molar-refractivity contribution in [2.45, 2.75) is 12.4 Å². The largest absolute Gasteiger partial charge is 0.416 e. The van der Waals surface area contributed by atoms with Crippen molar-refractivity contribution < 1.29 is 31.1 Å². The molecule has 2 aromatic carbocycles. The van der Waals surface area contributed by atoms with Gasteiger partial charge in [-0.2, -0.15) is 41.8 Å². The fraction of sp³-hybridized carbons (Fsp3) is 0.118. The third-order valence-electron chi connectivity index (χ3n) is 3.86. The summed E-state index contributed by atoms with van der Waals surface area (Å²) >= 11 is 0. The zero-order valence-electron chi connectivity index (χ0n) is 13.7. The molecule has 0 atom stereocenters. The van der Waals surface area contributed by atoms with E-state index < -0.39 is 29.4 Å². The monoisotopic (exact) mass is 400 g/mol. The van der Waals surface area contributed by atoms with E-state index in [0.717, 1.165) is 0 Å². The van der Waals surface area contributed by atoms with Crippen molar-refractivity contribution in [3.8, 4) is 22.4 Å². The first-order valence-electron chi connectivity index (χ1n) is 7.57. The van der Waals surface area contributed by atoms with Crippen molar-refractivity contribution in [3.05, 3.63) is 59.3 Å². The lowest BCUT2D eigenvalue weighted by Crippen LogP contribution is -2.12. The van der Waals surface area contributed by atoms with Gasteiger partial charge in [-0.05, 0) is 29.3 Å². The molecule has 1 heterocycles. The molecule has 0 unspecified atom stereocenters. The number of aromatic nitrogens is 3. The van der Waals surface area contributed by atoms with Crippen LogP contribution in [-0.2, 0) is 12.4 Å². The molecule has 1 amide bonds. The molecule has 0 bridgehead atoms. The number of primary amides is 1. The van der Waals surface area contributed by atoms with Crippen LogP contribution in [0, 0.1) is 0 Å². The van der Waals surface area contributed by atoms with Crippen LogP contribution in [0.4, 0.5) is 26.3 Å². The van der Waals surface area contributed by atoms with Gasteiger partial charge in [-0.1, -0.05) is 24.3 Å². The first-order chi connectivity index (χ1) is 13.0. The normalized spacial score (nSPS) is 12.2. The molecule has 0 aliphatic rings. The third kappa shape index (κ3) is 3.82. The number of hydrogen-bond donors (Lipinski definition) is 2. The zero-order valence-corrected chi connectivity index (χ0v) is 13.7. The number of halogens is 6. The number of nitrogens with zero attached hydrogens (tertiary/aromatic N) is 2. The lowest BCUT2D eigenvalue weighted by atomic mass is 9.97. The van der Waals surface area contributed by atoms with Gasteiger partial charge in [-0.3, -0.25) is 4.79 Å². The number of H-pyrrole nitrogens is 1. The molecule has 3 aromatic rings. The summed E-state index contributed by atoms with van der Waals surface area (Å²) in [4.78, 5) is 11.3. The molecule has 11 heteroatoms. The molecule has 3 rings (SSSR count). The Kier molecular flexibility index (Phi) is 4.61. The van der Waals surface area contributed by atoms with E-state index >= 15 is 0 Å². The number of nitrogens with two attached hydrogens (primary N) is 1. The predicted octanol–water partition coefficient (Wildman–Crippen LogP) is 4.28. The standard InChI is InChI=1S/C17H10F6N4O/c18-16(19,20)11-5-10(6-12(7-11)17(21,22)23)8-1-3-9(4-2-8)13-14(15(24)28)26-27-25-13/h1-7H,(H2,24,28)(H,25,26,27). The first kappa shape index (κ1) is 19.4. The molecule has 1 aromatic heterocycles. The molecule has 3 N–H and O–H groups in total. The quantitative estimate of drug-likeness (QED) is 0.644. The van der Waals surface area contributed by atoms with Crippen LogP contribution < -0.4 is 5.73 Å². The summed E-state index contributed by atoms with van der Waals surface area (Å²) in [7, 11) is 0. The van der Waals surface area contributed by atoms with E-state index in [1.165, 1.54) is 24.3 Å². The molecule has 0 radical (unpaired) electrons. The second-order valence-corrected chi connectivity index (χ2v) is 5.76. The Morgan fingerprint density at radius 3 is 1.75 bits per heavy atom. The Hall–Kier alpha value is -3.37. The number of rotatable bonds is 3. The van der Waals surface area contributed by atoms with Crippen LogP contribution in [0.25, 0.3) is 22.4 Å². The second kappa shape index (κ2) is 6.66. The van der Waals surface area contributed by atoms with Gasteiger partial charge in [-0.25, -0.2) is 0 Å². The van der Waals surface area contributed by atoms with Gasteiger partial charge in [0.2, 0.25) is 0 Å². The molecule has 0 saturated heterocycles. The molecule has 146 valence electrons. The fourth-order valence-corrected chi connectivity index (χ4v) is 2.55. The molecule has 28 heavy (non-hydrogen) atoms. The van der Waals surface area contributed by atoms with Crippen molar-refractivity contribution in [3.63, 3.8) is 0 Å². The molecule has 0 saturated carbocycles. The second-order valence-electron chi connectivity index (χ2n) is 5.76. The number of aromatic amines is 1. The number of nitrogens with one attached hydrogen (secondary N) is 1. The fourth-order valence-electron chi connectivity index (χ4n) is 2.55. The highest BCUT2D eigenvalue weighted by molar-refractivity contribution is 5.96. The minimum atomic E-state index is -4.94. The van der Waals surface area contributed by atoms with Gasteiger partial charge in [0, 0.05) is 5.56 Å². The van der Waals surface area contributed by atoms with Crippen LogP contribution in [0.3, 0.4) is 0 Å². The lowest BCUT2D eigenvalue weighted by Gasteiger charge is -2.14. The molecule has 0 fully saturated rings. The summed E-state index contributed by atoms with van der Waals surface area (Å²) in [6, 6.07) is 6.71. The maximum atomic E-state index is 13.0. The SMILES string of the molecule is NC(=O)c1n[nH]nc1-c1ccc(-c2cc(C(F)(F)F)cc(C(F)(F)F)c2)cc1. The topological polar surface area (TPSA) is 84.7 Å². The summed E-state index contributed by atoms with van der Waals surface area (Å²) in [6.07, 6.45) is -9.87. The maximum absolute atomic E-state index is 13.0. The van der Waals surface area contributed by atoms with E-state index in [1.807, 2.05) is 0 Å². The summed E-state index contributed by atoms with van der Waals surface area (Å²) in [6.45, 7) is 0. The van der Waals surface area contributed by atoms with E-state index in [-0.39, 0.29) is 28.6 Å². The Balaban J connectivity index is 2.06. The average Bonchev–Trinajstić information content (AvgIpc) is 3.10. The average molecular weight is 400 g/mol. The van der Waals surface area contributed by atoms with E-state index in [1.54, 1.807) is 0 Å². The molecule has 0 aliphatic carbocycles. The van der Waals surface area contributed by atoms with Crippen LogP contribution in [0.5, 0.6) is 0 Å². The summed E-state index contributed by atoms with van der Waals surface area (Å²) < 4.78 is 78.0. The Labute approximate surface area is 153 Å². The van der Waals surface area contributed by atoms with Crippen molar-refractivity contribution in [2.75, 3.05) is 0 Å². The van der Waals surface area contributed by atoms with E-state index in [9.17, 15) is 31.1 Å². The zero-order chi connectivity index (χ0) is 20.7. The number of amides is 1. The van der Waals surface area contributed by atoms with Crippen LogP contribution in [-0.4, -0.2) is 21.3 Å². The molecule has 0 aliphatic heterocycles. The Bertz CT molecular complexity index is 989. The minimum Gasteiger partial charge on any atom is -0.364 e. The Morgan fingerprint density at radius 2 is 1.29 bits per heavy atom. The number of carbonyl (C=O) groups is 1. The van der Waals surface area contributed by atoms with Gasteiger partial charge in [0.15, 0.2) is 5.69 Å². The molecule has 0 spiro atoms. The van der Waals surface area contributed by atoms with E-state index in [2.05, 4.69) is 15.4 Å². The van der Waals surface area contributed by atoms with Crippen LogP contribution >= 0.6 is 0 Å². The van der Waals surface area contributed by atoms with Crippen LogP contribution in [0.2, 0.25) is 0 Å². The molecular weight excluding hydrogens is 390 g/mol. The summed E-state index contributed by atoms with van der Waals surface area (Å²) in [5.41, 5.74) is 2.51. The third-order valence-corrected chi connectivity index (χ3v) is 3.86. The van der Waals surface area contributed by atoms with Crippen molar-refractivity contribution in [2.24, 2.45) is 5.73 Å². The highest BCUT2D eigenvalue weighted by Crippen LogP contribution is 2.38. The molecule has 5 nitrogen and oxygen atoms in total. The van der Waals surface area contributed by atoms with Gasteiger partial charge in [-0.15, -0.1) is 0 Å². The van der Waals surface area contributed by atoms with Gasteiger partial charge < -0.3 is 5.73 Å². The van der Waals surface area contributed by atoms with Crippen LogP contribution in [0.1, 0.15) is 21.6 Å². The van der Waals surface area contributed by atoms with Gasteiger partial charge >= 0.3 is 12.4 Å². The van der Waals surface area contributed by atoms with Crippen molar-refractivity contribution in [1.29, 1.82) is 0 Å². The maximum Gasteiger partial charge on any atom is 0.416 e. The van der Waals surface area contributed by atoms with Crippen molar-refractivity contribution >= 4 is 5.91 Å². The van der Waals surface area contributed by atoms with Crippen LogP contribution in [0.15, 0.2) is 42.5 Å². The highest BCUT2D eigenvalue weighted by atomic mass is 19.4. The van der Waals surface area contributed by atoms with Gasteiger partial charge in [0.1, 0.15) is 5.69 Å². The summed E-state index contributed by atoms with van der Waals surface area (Å²) in [5.74, 6) is -0.847. The van der Waals surface area contributed by atoms with E-state index in [4.69, 9.17) is 5.73 Å². The number of carbonyl (C=O) groups excluding carboxylic acids is 1. The van der Waals surface area contributed by atoms with Gasteiger partial charge in [0.05, 0.1) is 11.1 Å². The lowest BCUT2D eigenvalue weighted by molar-refractivity contribution is -0.143. The van der Waals surface area contributed by atoms with Gasteiger partial charge in [0.25, 0.3) is 5.91 Å². The van der Waals surface area contributed by atoms with E-state index in [0.29, 0.717) is 17.7 Å². The van der Waals surface area contributed by atoms with Crippen molar-refractivity contribution in [1.82, 2.24) is 15.4 Å². The number of hydrogen-bond acceptors (Lipinski definition) is 3. The molecular formula is C17H10F6N4O. The minimum absolute atomic E-state index is 0.0619. The number of alkyl halides is 6. The number of benzene rings is 2. The smallest absolute Gasteiger partial charge is 0.364 e. The highest BCUT2D eigenvalue weighted by Gasteiger charge is 2.37. The predicted molar refractivity (Wildman–Crippen MR) is 85.8 cm³/mol. The summed E-state index contributed by atoms with van der Waals surface area (Å²) in [5, 5.41) is 9.58.